The highest BCUT2D eigenvalue weighted by Crippen LogP contribution is 2.45. The molecule has 6 atom stereocenters. The van der Waals surface area contributed by atoms with Crippen molar-refractivity contribution in [3.63, 3.8) is 0 Å². The van der Waals surface area contributed by atoms with E-state index in [-0.39, 0.29) is 6.02 Å². The highest BCUT2D eigenvalue weighted by molar-refractivity contribution is 7.80. The molecule has 4 saturated carbocycles. The van der Waals surface area contributed by atoms with Gasteiger partial charge in [0.15, 0.2) is 0 Å². The van der Waals surface area contributed by atoms with E-state index in [1.54, 1.807) is 0 Å². The van der Waals surface area contributed by atoms with Gasteiger partial charge in [-0.3, -0.25) is 5.41 Å². The van der Waals surface area contributed by atoms with Crippen molar-refractivity contribution in [1.29, 1.82) is 5.41 Å². The number of hydrogen-bond acceptors (Lipinski definition) is 3. The first-order valence-electron chi connectivity index (χ1n) is 8.51. The zero-order valence-electron chi connectivity index (χ0n) is 12.4. The maximum atomic E-state index is 7.98. The first kappa shape index (κ1) is 13.8. The topological polar surface area (TPSA) is 57.1 Å². The first-order chi connectivity index (χ1) is 10.2. The summed E-state index contributed by atoms with van der Waals surface area (Å²) >= 11 is 5.28. The maximum Gasteiger partial charge on any atom is 0.289 e. The van der Waals surface area contributed by atoms with Crippen LogP contribution in [0, 0.1) is 29.1 Å². The molecule has 4 rings (SSSR count). The Bertz CT molecular complexity index is 415. The largest absolute Gasteiger partial charge is 0.399 e. The molecule has 0 heterocycles. The minimum absolute atomic E-state index is 0.133. The zero-order valence-corrected chi connectivity index (χ0v) is 13.3. The quantitative estimate of drug-likeness (QED) is 0.417. The number of hydrogen-bond donors (Lipinski definition) is 3. The molecule has 0 aromatic rings. The fraction of sp³-hybridized carbons (Fsp3) is 0.875. The van der Waals surface area contributed by atoms with Crippen LogP contribution in [0.25, 0.3) is 0 Å². The van der Waals surface area contributed by atoms with Gasteiger partial charge in [0.25, 0.3) is 11.2 Å². The van der Waals surface area contributed by atoms with Gasteiger partial charge in [0.2, 0.25) is 0 Å². The monoisotopic (exact) mass is 307 g/mol. The van der Waals surface area contributed by atoms with Crippen molar-refractivity contribution in [3.05, 3.63) is 0 Å². The lowest BCUT2D eigenvalue weighted by atomic mass is 9.95. The van der Waals surface area contributed by atoms with Gasteiger partial charge in [-0.2, -0.15) is 0 Å². The van der Waals surface area contributed by atoms with Gasteiger partial charge in [0, 0.05) is 12.1 Å². The molecule has 116 valence electrons. The Labute approximate surface area is 131 Å². The van der Waals surface area contributed by atoms with Crippen molar-refractivity contribution in [1.82, 2.24) is 10.6 Å². The fourth-order valence-corrected chi connectivity index (χ4v) is 5.55. The summed E-state index contributed by atoms with van der Waals surface area (Å²) in [6.07, 6.45) is 10.5. The third-order valence-corrected chi connectivity index (χ3v) is 6.49. The van der Waals surface area contributed by atoms with Crippen molar-refractivity contribution >= 4 is 23.4 Å². The normalized spacial score (nSPS) is 43.0. The van der Waals surface area contributed by atoms with Crippen molar-refractivity contribution in [2.24, 2.45) is 23.7 Å². The molecule has 4 aliphatic carbocycles. The molecule has 0 spiro atoms. The zero-order chi connectivity index (χ0) is 14.4. The molecule has 5 heteroatoms. The van der Waals surface area contributed by atoms with E-state index >= 15 is 0 Å². The van der Waals surface area contributed by atoms with Crippen LogP contribution in [0.15, 0.2) is 0 Å². The number of rotatable bonds is 2. The SMILES string of the molecule is N=C(NC1CC2CCC1C2)OC(=S)NC1CC2CCC1C2. The molecular formula is C16H25N3OS. The Balaban J connectivity index is 1.22. The molecular weight excluding hydrogens is 282 g/mol. The lowest BCUT2D eigenvalue weighted by Crippen LogP contribution is -2.44. The number of thiocarbonyl (C=S) groups is 1. The van der Waals surface area contributed by atoms with Crippen LogP contribution in [0.2, 0.25) is 0 Å². The summed E-state index contributed by atoms with van der Waals surface area (Å²) < 4.78 is 5.48. The summed E-state index contributed by atoms with van der Waals surface area (Å²) in [5.74, 6) is 3.27. The molecule has 0 aromatic heterocycles. The Morgan fingerprint density at radius 3 is 1.90 bits per heavy atom. The van der Waals surface area contributed by atoms with Crippen molar-refractivity contribution in [3.8, 4) is 0 Å². The van der Waals surface area contributed by atoms with Crippen LogP contribution in [0.4, 0.5) is 0 Å². The van der Waals surface area contributed by atoms with Gasteiger partial charge >= 0.3 is 0 Å². The second-order valence-electron chi connectivity index (χ2n) is 7.57. The van der Waals surface area contributed by atoms with Gasteiger partial charge in [0.1, 0.15) is 0 Å². The highest BCUT2D eigenvalue weighted by Gasteiger charge is 2.41. The number of nitrogens with one attached hydrogen (secondary N) is 3. The summed E-state index contributed by atoms with van der Waals surface area (Å²) in [6.45, 7) is 0. The van der Waals surface area contributed by atoms with Crippen LogP contribution < -0.4 is 10.6 Å². The molecule has 0 amide bonds. The van der Waals surface area contributed by atoms with E-state index in [1.165, 1.54) is 51.4 Å². The summed E-state index contributed by atoms with van der Waals surface area (Å²) in [4.78, 5) is 0. The summed E-state index contributed by atoms with van der Waals surface area (Å²) in [5.41, 5.74) is 0. The fourth-order valence-electron chi connectivity index (χ4n) is 5.31. The van der Waals surface area contributed by atoms with Gasteiger partial charge < -0.3 is 15.4 Å². The Morgan fingerprint density at radius 2 is 1.43 bits per heavy atom. The van der Waals surface area contributed by atoms with E-state index in [0.717, 1.165) is 23.7 Å². The van der Waals surface area contributed by atoms with Crippen LogP contribution in [0.1, 0.15) is 51.4 Å². The van der Waals surface area contributed by atoms with Crippen LogP contribution >= 0.6 is 12.2 Å². The van der Waals surface area contributed by atoms with E-state index in [4.69, 9.17) is 22.4 Å². The molecule has 21 heavy (non-hydrogen) atoms. The average molecular weight is 307 g/mol. The molecule has 0 saturated heterocycles. The van der Waals surface area contributed by atoms with E-state index in [9.17, 15) is 0 Å². The van der Waals surface area contributed by atoms with Crippen molar-refractivity contribution in [2.75, 3.05) is 0 Å². The van der Waals surface area contributed by atoms with Gasteiger partial charge in [-0.15, -0.1) is 0 Å². The molecule has 3 N–H and O–H groups in total. The smallest absolute Gasteiger partial charge is 0.289 e. The first-order valence-corrected chi connectivity index (χ1v) is 8.91. The Kier molecular flexibility index (Phi) is 3.56. The molecule has 6 unspecified atom stereocenters. The molecule has 0 radical (unpaired) electrons. The molecule has 0 aliphatic heterocycles. The van der Waals surface area contributed by atoms with Crippen molar-refractivity contribution in [2.45, 2.75) is 63.5 Å². The average Bonchev–Trinajstić information content (AvgIpc) is 3.18. The third kappa shape index (κ3) is 2.77. The minimum atomic E-state index is 0.133. The highest BCUT2D eigenvalue weighted by atomic mass is 32.1. The van der Waals surface area contributed by atoms with Crippen LogP contribution in [0.3, 0.4) is 0 Å². The van der Waals surface area contributed by atoms with Crippen LogP contribution in [-0.4, -0.2) is 23.3 Å². The second-order valence-corrected chi connectivity index (χ2v) is 7.94. The lowest BCUT2D eigenvalue weighted by molar-refractivity contribution is 0.349. The number of ether oxygens (including phenoxy) is 1. The van der Waals surface area contributed by atoms with Crippen molar-refractivity contribution < 1.29 is 4.74 Å². The molecule has 4 bridgehead atoms. The summed E-state index contributed by atoms with van der Waals surface area (Å²) in [7, 11) is 0. The molecule has 0 aromatic carbocycles. The standard InChI is InChI=1S/C16H25N3OS/c17-15(18-13-7-9-1-3-11(13)5-9)20-16(21)19-14-8-10-2-4-12(14)6-10/h9-14H,1-8H2,(H2,17,18)(H,19,21). The molecule has 4 nitrogen and oxygen atoms in total. The van der Waals surface area contributed by atoms with Gasteiger partial charge in [-0.1, -0.05) is 12.8 Å². The molecule has 4 fully saturated rings. The van der Waals surface area contributed by atoms with Gasteiger partial charge in [0.05, 0.1) is 0 Å². The Morgan fingerprint density at radius 1 is 0.857 bits per heavy atom. The Hall–Kier alpha value is -0.840. The second kappa shape index (κ2) is 5.41. The predicted molar refractivity (Wildman–Crippen MR) is 86.2 cm³/mol. The van der Waals surface area contributed by atoms with Crippen LogP contribution in [0.5, 0.6) is 0 Å². The third-order valence-electron chi connectivity index (χ3n) is 6.29. The van der Waals surface area contributed by atoms with E-state index < -0.39 is 0 Å². The number of fused-ring (bicyclic) bond motifs is 4. The minimum Gasteiger partial charge on any atom is -0.399 e. The van der Waals surface area contributed by atoms with Gasteiger partial charge in [-0.05, 0) is 74.4 Å². The van der Waals surface area contributed by atoms with Crippen LogP contribution in [-0.2, 0) is 4.74 Å². The lowest BCUT2D eigenvalue weighted by Gasteiger charge is -2.26. The predicted octanol–water partition coefficient (Wildman–Crippen LogP) is 2.78. The number of amidine groups is 1. The van der Waals surface area contributed by atoms with E-state index in [0.29, 0.717) is 17.3 Å². The maximum absolute atomic E-state index is 7.98. The summed E-state index contributed by atoms with van der Waals surface area (Å²) in [6, 6.07) is 1.04. The van der Waals surface area contributed by atoms with E-state index in [2.05, 4.69) is 10.6 Å². The molecule has 4 aliphatic rings. The van der Waals surface area contributed by atoms with E-state index in [1.807, 2.05) is 0 Å². The van der Waals surface area contributed by atoms with Gasteiger partial charge in [-0.25, -0.2) is 0 Å². The summed E-state index contributed by atoms with van der Waals surface area (Å²) in [5, 5.41) is 14.9.